The summed E-state index contributed by atoms with van der Waals surface area (Å²) in [6.07, 6.45) is 1.56. The first-order chi connectivity index (χ1) is 13.0. The quantitative estimate of drug-likeness (QED) is 0.513. The molecule has 0 aliphatic heterocycles. The number of anilines is 1. The van der Waals surface area contributed by atoms with Gasteiger partial charge in [-0.3, -0.25) is 14.9 Å². The fourth-order valence-corrected chi connectivity index (χ4v) is 2.62. The Morgan fingerprint density at radius 1 is 1.26 bits per heavy atom. The molecule has 1 aromatic heterocycles. The number of ether oxygens (including phenoxy) is 1. The number of nitrogens with zero attached hydrogens (tertiary/aromatic N) is 3. The zero-order valence-electron chi connectivity index (χ0n) is 14.3. The minimum absolute atomic E-state index is 0.0873. The van der Waals surface area contributed by atoms with Crippen molar-refractivity contribution in [1.29, 1.82) is 0 Å². The van der Waals surface area contributed by atoms with Gasteiger partial charge in [0.1, 0.15) is 5.82 Å². The van der Waals surface area contributed by atoms with Crippen LogP contribution in [0.5, 0.6) is 5.75 Å². The maximum Gasteiger partial charge on any atom is 0.311 e. The minimum atomic E-state index is -0.597. The second-order valence-corrected chi connectivity index (χ2v) is 6.03. The van der Waals surface area contributed by atoms with Gasteiger partial charge in [-0.25, -0.2) is 4.68 Å². The molecule has 0 unspecified atom stereocenters. The van der Waals surface area contributed by atoms with Crippen LogP contribution in [-0.4, -0.2) is 27.7 Å². The predicted octanol–water partition coefficient (Wildman–Crippen LogP) is 3.75. The molecule has 0 atom stereocenters. The van der Waals surface area contributed by atoms with Crippen molar-refractivity contribution in [2.45, 2.75) is 6.54 Å². The Kier molecular flexibility index (Phi) is 5.37. The Bertz CT molecular complexity index is 985. The number of hydrogen-bond acceptors (Lipinski definition) is 5. The lowest BCUT2D eigenvalue weighted by Crippen LogP contribution is -2.16. The Balaban J connectivity index is 1.79. The van der Waals surface area contributed by atoms with Crippen LogP contribution in [0.15, 0.2) is 54.7 Å². The first-order valence-electron chi connectivity index (χ1n) is 7.88. The Hall–Kier alpha value is -3.39. The van der Waals surface area contributed by atoms with Crippen molar-refractivity contribution in [2.24, 2.45) is 0 Å². The summed E-state index contributed by atoms with van der Waals surface area (Å²) in [4.78, 5) is 23.0. The van der Waals surface area contributed by atoms with Crippen LogP contribution in [0.25, 0.3) is 0 Å². The first-order valence-corrected chi connectivity index (χ1v) is 8.26. The summed E-state index contributed by atoms with van der Waals surface area (Å²) in [5.74, 6) is 0.0661. The molecule has 0 spiro atoms. The van der Waals surface area contributed by atoms with Crippen LogP contribution in [0.4, 0.5) is 11.5 Å². The third-order valence-corrected chi connectivity index (χ3v) is 4.09. The highest BCUT2D eigenvalue weighted by molar-refractivity contribution is 6.30. The van der Waals surface area contributed by atoms with Gasteiger partial charge < -0.3 is 10.1 Å². The lowest BCUT2D eigenvalue weighted by atomic mass is 10.1. The summed E-state index contributed by atoms with van der Waals surface area (Å²) in [6.45, 7) is 0.433. The number of nitrogens with one attached hydrogen (secondary N) is 1. The van der Waals surface area contributed by atoms with Crippen molar-refractivity contribution >= 4 is 29.0 Å². The van der Waals surface area contributed by atoms with Crippen LogP contribution < -0.4 is 10.1 Å². The zero-order valence-corrected chi connectivity index (χ0v) is 15.0. The average Bonchev–Trinajstić information content (AvgIpc) is 3.09. The number of methoxy groups -OCH3 is 1. The molecule has 8 nitrogen and oxygen atoms in total. The summed E-state index contributed by atoms with van der Waals surface area (Å²) in [6, 6.07) is 12.9. The number of rotatable bonds is 6. The summed E-state index contributed by atoms with van der Waals surface area (Å²) >= 11 is 5.88. The Labute approximate surface area is 159 Å². The van der Waals surface area contributed by atoms with Gasteiger partial charge in [-0.2, -0.15) is 5.10 Å². The van der Waals surface area contributed by atoms with E-state index < -0.39 is 10.8 Å². The van der Waals surface area contributed by atoms with Gasteiger partial charge >= 0.3 is 5.69 Å². The second kappa shape index (κ2) is 7.88. The molecule has 0 radical (unpaired) electrons. The molecule has 9 heteroatoms. The van der Waals surface area contributed by atoms with E-state index in [-0.39, 0.29) is 17.0 Å². The van der Waals surface area contributed by atoms with Gasteiger partial charge in [-0.05, 0) is 29.8 Å². The number of benzene rings is 2. The second-order valence-electron chi connectivity index (χ2n) is 5.60. The number of aromatic nitrogens is 2. The third-order valence-electron chi connectivity index (χ3n) is 3.84. The fourth-order valence-electron chi connectivity index (χ4n) is 2.49. The van der Waals surface area contributed by atoms with Gasteiger partial charge in [-0.15, -0.1) is 0 Å². The molecule has 3 rings (SSSR count). The highest BCUT2D eigenvalue weighted by Gasteiger charge is 2.19. The van der Waals surface area contributed by atoms with E-state index in [1.807, 2.05) is 12.1 Å². The van der Waals surface area contributed by atoms with E-state index in [2.05, 4.69) is 10.4 Å². The molecular formula is C18H15ClN4O4. The van der Waals surface area contributed by atoms with E-state index in [1.54, 1.807) is 29.1 Å². The molecule has 0 aliphatic rings. The Morgan fingerprint density at radius 3 is 2.67 bits per heavy atom. The SMILES string of the molecule is COc1ccc(C(=O)Nc2ccnn2Cc2ccc(Cl)cc2)cc1[N+](=O)[O-]. The fraction of sp³-hybridized carbons (Fsp3) is 0.111. The molecule has 1 N–H and O–H groups in total. The smallest absolute Gasteiger partial charge is 0.311 e. The third kappa shape index (κ3) is 4.24. The molecule has 0 aliphatic carbocycles. The standard InChI is InChI=1S/C18H15ClN4O4/c1-27-16-7-4-13(10-15(16)23(25)26)18(24)21-17-8-9-20-22(17)11-12-2-5-14(19)6-3-12/h2-10H,11H2,1H3,(H,21,24). The molecule has 1 amide bonds. The summed E-state index contributed by atoms with van der Waals surface area (Å²) in [5.41, 5.74) is 0.820. The largest absolute Gasteiger partial charge is 0.490 e. The van der Waals surface area contributed by atoms with E-state index >= 15 is 0 Å². The maximum absolute atomic E-state index is 12.5. The van der Waals surface area contributed by atoms with Gasteiger partial charge in [0.25, 0.3) is 5.91 Å². The summed E-state index contributed by atoms with van der Waals surface area (Å²) < 4.78 is 6.55. The number of carbonyl (C=O) groups is 1. The summed E-state index contributed by atoms with van der Waals surface area (Å²) in [5, 5.41) is 18.7. The van der Waals surface area contributed by atoms with E-state index in [0.717, 1.165) is 5.56 Å². The Morgan fingerprint density at radius 2 is 2.00 bits per heavy atom. The number of carbonyl (C=O) groups excluding carboxylic acids is 1. The van der Waals surface area contributed by atoms with Gasteiger partial charge in [0.05, 0.1) is 24.8 Å². The number of amides is 1. The van der Waals surface area contributed by atoms with Crippen molar-refractivity contribution in [3.63, 3.8) is 0 Å². The highest BCUT2D eigenvalue weighted by Crippen LogP contribution is 2.27. The molecule has 0 saturated carbocycles. The normalized spacial score (nSPS) is 10.4. The first kappa shape index (κ1) is 18.4. The van der Waals surface area contributed by atoms with Gasteiger partial charge in [0.2, 0.25) is 0 Å². The minimum Gasteiger partial charge on any atom is -0.490 e. The highest BCUT2D eigenvalue weighted by atomic mass is 35.5. The number of nitro benzene ring substituents is 1. The molecule has 2 aromatic carbocycles. The number of nitro groups is 1. The van der Waals surface area contributed by atoms with Gasteiger partial charge in [0, 0.05) is 22.7 Å². The van der Waals surface area contributed by atoms with Crippen LogP contribution in [0.1, 0.15) is 15.9 Å². The number of hydrogen-bond donors (Lipinski definition) is 1. The van der Waals surface area contributed by atoms with E-state index in [0.29, 0.717) is 17.4 Å². The van der Waals surface area contributed by atoms with Crippen LogP contribution in [0.2, 0.25) is 5.02 Å². The number of halogens is 1. The van der Waals surface area contributed by atoms with Gasteiger partial charge in [-0.1, -0.05) is 23.7 Å². The topological polar surface area (TPSA) is 99.3 Å². The van der Waals surface area contributed by atoms with E-state index in [9.17, 15) is 14.9 Å². The monoisotopic (exact) mass is 386 g/mol. The molecule has 0 bridgehead atoms. The van der Waals surface area contributed by atoms with E-state index in [4.69, 9.17) is 16.3 Å². The van der Waals surface area contributed by atoms with E-state index in [1.165, 1.54) is 25.3 Å². The van der Waals surface area contributed by atoms with Crippen molar-refractivity contribution in [3.8, 4) is 5.75 Å². The van der Waals surface area contributed by atoms with Crippen LogP contribution >= 0.6 is 11.6 Å². The summed E-state index contributed by atoms with van der Waals surface area (Å²) in [7, 11) is 1.33. The molecular weight excluding hydrogens is 372 g/mol. The van der Waals surface area contributed by atoms with Crippen LogP contribution in [0, 0.1) is 10.1 Å². The predicted molar refractivity (Wildman–Crippen MR) is 100 cm³/mol. The lowest BCUT2D eigenvalue weighted by Gasteiger charge is -2.10. The molecule has 3 aromatic rings. The molecule has 0 saturated heterocycles. The van der Waals surface area contributed by atoms with Crippen LogP contribution in [-0.2, 0) is 6.54 Å². The van der Waals surface area contributed by atoms with Crippen LogP contribution in [0.3, 0.4) is 0 Å². The van der Waals surface area contributed by atoms with Gasteiger partial charge in [0.15, 0.2) is 5.75 Å². The maximum atomic E-state index is 12.5. The molecule has 138 valence electrons. The average molecular weight is 387 g/mol. The molecule has 1 heterocycles. The van der Waals surface area contributed by atoms with Crippen molar-refractivity contribution in [1.82, 2.24) is 9.78 Å². The molecule has 27 heavy (non-hydrogen) atoms. The zero-order chi connectivity index (χ0) is 19.4. The lowest BCUT2D eigenvalue weighted by molar-refractivity contribution is -0.385. The van der Waals surface area contributed by atoms with Crippen molar-refractivity contribution < 1.29 is 14.5 Å². The van der Waals surface area contributed by atoms with Crippen molar-refractivity contribution in [2.75, 3.05) is 12.4 Å². The van der Waals surface area contributed by atoms with Crippen molar-refractivity contribution in [3.05, 3.63) is 81.0 Å². The molecule has 0 fully saturated rings.